The second-order valence-electron chi connectivity index (χ2n) is 4.39. The molecule has 3 saturated heterocycles. The molecule has 3 aliphatic rings. The van der Waals surface area contributed by atoms with E-state index in [0.717, 1.165) is 6.42 Å². The third-order valence-corrected chi connectivity index (χ3v) is 5.97. The molecule has 0 amide bonds. The summed E-state index contributed by atoms with van der Waals surface area (Å²) in [5.41, 5.74) is 0. The number of halogens is 1. The van der Waals surface area contributed by atoms with Gasteiger partial charge in [-0.15, -0.1) is 0 Å². The van der Waals surface area contributed by atoms with E-state index in [0.29, 0.717) is 6.42 Å². The molecule has 16 heavy (non-hydrogen) atoms. The average molecular weight is 313 g/mol. The summed E-state index contributed by atoms with van der Waals surface area (Å²) in [6, 6.07) is 0. The highest BCUT2D eigenvalue weighted by Crippen LogP contribution is 2.48. The first kappa shape index (κ1) is 11.4. The maximum absolute atomic E-state index is 11.6. The molecule has 0 aliphatic carbocycles. The summed E-state index contributed by atoms with van der Waals surface area (Å²) in [7, 11) is -3.43. The lowest BCUT2D eigenvalue weighted by Gasteiger charge is -2.24. The van der Waals surface area contributed by atoms with Crippen LogP contribution in [0.25, 0.3) is 0 Å². The van der Waals surface area contributed by atoms with Crippen LogP contribution in [-0.4, -0.2) is 43.1 Å². The summed E-state index contributed by atoms with van der Waals surface area (Å²) in [5.74, 6) is 0. The molecule has 6 atom stereocenters. The van der Waals surface area contributed by atoms with Gasteiger partial charge in [-0.1, -0.05) is 22.9 Å². The largest absolute Gasteiger partial charge is 0.368 e. The van der Waals surface area contributed by atoms with Crippen molar-refractivity contribution in [3.8, 4) is 0 Å². The molecule has 3 fully saturated rings. The predicted molar refractivity (Wildman–Crippen MR) is 58.7 cm³/mol. The van der Waals surface area contributed by atoms with Gasteiger partial charge in [0.05, 0.1) is 6.10 Å². The van der Waals surface area contributed by atoms with E-state index in [1.807, 2.05) is 6.92 Å². The highest BCUT2D eigenvalue weighted by atomic mass is 79.9. The summed E-state index contributed by atoms with van der Waals surface area (Å²) in [6.07, 6.45) is 0.151. The Bertz CT molecular complexity index is 397. The topological polar surface area (TPSA) is 61.8 Å². The summed E-state index contributed by atoms with van der Waals surface area (Å²) >= 11 is 3.37. The first-order valence-electron chi connectivity index (χ1n) is 5.40. The fraction of sp³-hybridized carbons (Fsp3) is 1.00. The van der Waals surface area contributed by atoms with Crippen LogP contribution < -0.4 is 0 Å². The van der Waals surface area contributed by atoms with Gasteiger partial charge in [0, 0.05) is 0 Å². The van der Waals surface area contributed by atoms with Crippen LogP contribution in [0.3, 0.4) is 0 Å². The van der Waals surface area contributed by atoms with Gasteiger partial charge in [0.15, 0.2) is 0 Å². The Morgan fingerprint density at radius 1 is 1.50 bits per heavy atom. The van der Waals surface area contributed by atoms with Gasteiger partial charge in [0.1, 0.15) is 28.6 Å². The van der Waals surface area contributed by atoms with Gasteiger partial charge in [-0.3, -0.25) is 4.18 Å². The molecule has 3 rings (SSSR count). The molecule has 92 valence electrons. The number of hydrogen-bond acceptors (Lipinski definition) is 5. The Hall–Kier alpha value is 0.310. The number of alkyl halides is 1. The van der Waals surface area contributed by atoms with E-state index in [1.165, 1.54) is 0 Å². The van der Waals surface area contributed by atoms with Gasteiger partial charge in [0.2, 0.25) is 0 Å². The lowest BCUT2D eigenvalue weighted by atomic mass is 9.94. The zero-order valence-corrected chi connectivity index (χ0v) is 11.1. The zero-order valence-electron chi connectivity index (χ0n) is 8.71. The lowest BCUT2D eigenvalue weighted by Crippen LogP contribution is -2.41. The van der Waals surface area contributed by atoms with Crippen LogP contribution in [-0.2, 0) is 23.8 Å². The summed E-state index contributed by atoms with van der Waals surface area (Å²) in [5, 5.41) is -0.552. The van der Waals surface area contributed by atoms with Crippen molar-refractivity contribution in [3.63, 3.8) is 0 Å². The molecule has 0 aromatic carbocycles. The Balaban J connectivity index is 1.81. The normalized spacial score (nSPS) is 49.8. The molecule has 0 aromatic rings. The van der Waals surface area contributed by atoms with Crippen LogP contribution in [0.15, 0.2) is 0 Å². The van der Waals surface area contributed by atoms with Crippen molar-refractivity contribution in [2.75, 3.05) is 0 Å². The summed E-state index contributed by atoms with van der Waals surface area (Å²) < 4.78 is 39.6. The SMILES string of the molecule is CCC(Br)OC1C2CC3C(O2)C1OS3(=O)=O. The molecule has 0 radical (unpaired) electrons. The van der Waals surface area contributed by atoms with Crippen molar-refractivity contribution in [3.05, 3.63) is 0 Å². The molecule has 0 N–H and O–H groups in total. The van der Waals surface area contributed by atoms with Crippen LogP contribution in [0.1, 0.15) is 19.8 Å². The van der Waals surface area contributed by atoms with Crippen molar-refractivity contribution in [2.24, 2.45) is 0 Å². The first-order chi connectivity index (χ1) is 7.53. The van der Waals surface area contributed by atoms with E-state index < -0.39 is 21.5 Å². The second-order valence-corrected chi connectivity index (χ2v) is 7.19. The highest BCUT2D eigenvalue weighted by molar-refractivity contribution is 9.09. The quantitative estimate of drug-likeness (QED) is 0.569. The van der Waals surface area contributed by atoms with Gasteiger partial charge >= 0.3 is 0 Å². The smallest absolute Gasteiger partial charge is 0.273 e. The number of ether oxygens (including phenoxy) is 2. The minimum absolute atomic E-state index is 0.0780. The molecule has 7 heteroatoms. The van der Waals surface area contributed by atoms with Crippen molar-refractivity contribution in [1.29, 1.82) is 0 Å². The number of rotatable bonds is 3. The fourth-order valence-corrected chi connectivity index (χ4v) is 4.55. The third-order valence-electron chi connectivity index (χ3n) is 3.42. The third kappa shape index (κ3) is 1.49. The van der Waals surface area contributed by atoms with Gasteiger partial charge in [-0.25, -0.2) is 0 Å². The van der Waals surface area contributed by atoms with Gasteiger partial charge in [-0.2, -0.15) is 8.42 Å². The maximum Gasteiger partial charge on any atom is 0.273 e. The Kier molecular flexibility index (Phi) is 2.60. The molecule has 0 aromatic heterocycles. The molecule has 5 nitrogen and oxygen atoms in total. The minimum Gasteiger partial charge on any atom is -0.368 e. The van der Waals surface area contributed by atoms with E-state index in [9.17, 15) is 8.42 Å². The number of fused-ring (bicyclic) bond motifs is 1. The lowest BCUT2D eigenvalue weighted by molar-refractivity contribution is -0.0368. The van der Waals surface area contributed by atoms with Gasteiger partial charge < -0.3 is 9.47 Å². The maximum atomic E-state index is 11.6. The van der Waals surface area contributed by atoms with E-state index >= 15 is 0 Å². The van der Waals surface area contributed by atoms with Crippen LogP contribution in [0.2, 0.25) is 0 Å². The van der Waals surface area contributed by atoms with E-state index in [-0.39, 0.29) is 23.3 Å². The molecular formula is C9H13BrO5S. The van der Waals surface area contributed by atoms with Crippen molar-refractivity contribution < 1.29 is 22.1 Å². The Morgan fingerprint density at radius 2 is 2.25 bits per heavy atom. The molecule has 2 bridgehead atoms. The van der Waals surface area contributed by atoms with E-state index in [1.54, 1.807) is 0 Å². The molecule has 6 unspecified atom stereocenters. The van der Waals surface area contributed by atoms with Crippen molar-refractivity contribution >= 4 is 26.0 Å². The Morgan fingerprint density at radius 3 is 2.94 bits per heavy atom. The van der Waals surface area contributed by atoms with Crippen molar-refractivity contribution in [1.82, 2.24) is 0 Å². The van der Waals surface area contributed by atoms with Gasteiger partial charge in [0.25, 0.3) is 10.1 Å². The molecule has 0 saturated carbocycles. The summed E-state index contributed by atoms with van der Waals surface area (Å²) in [4.78, 5) is 0. The summed E-state index contributed by atoms with van der Waals surface area (Å²) in [6.45, 7) is 1.99. The first-order valence-corrected chi connectivity index (χ1v) is 7.78. The molecule has 3 heterocycles. The Labute approximate surface area is 103 Å². The fourth-order valence-electron chi connectivity index (χ4n) is 2.66. The predicted octanol–water partition coefficient (Wildman–Crippen LogP) is 0.771. The van der Waals surface area contributed by atoms with Crippen molar-refractivity contribution in [2.45, 2.75) is 54.4 Å². The van der Waals surface area contributed by atoms with E-state index in [2.05, 4.69) is 15.9 Å². The zero-order chi connectivity index (χ0) is 11.5. The van der Waals surface area contributed by atoms with Gasteiger partial charge in [-0.05, 0) is 12.8 Å². The molecule has 3 aliphatic heterocycles. The molecular weight excluding hydrogens is 300 g/mol. The highest BCUT2D eigenvalue weighted by Gasteiger charge is 2.66. The van der Waals surface area contributed by atoms with Crippen LogP contribution >= 0.6 is 15.9 Å². The monoisotopic (exact) mass is 312 g/mol. The average Bonchev–Trinajstić information content (AvgIpc) is 2.81. The van der Waals surface area contributed by atoms with Crippen LogP contribution in [0.4, 0.5) is 0 Å². The minimum atomic E-state index is -3.43. The van der Waals surface area contributed by atoms with Crippen LogP contribution in [0.5, 0.6) is 0 Å². The molecule has 0 spiro atoms. The van der Waals surface area contributed by atoms with E-state index in [4.69, 9.17) is 13.7 Å². The standard InChI is InChI=1S/C9H13BrO5S/c1-2-6(10)14-7-4-3-5-8(13-4)9(7)15-16(5,11)12/h4-9H,2-3H2,1H3. The van der Waals surface area contributed by atoms with Crippen LogP contribution in [0, 0.1) is 0 Å². The second kappa shape index (κ2) is 3.65. The number of hydrogen-bond donors (Lipinski definition) is 0.